The Morgan fingerprint density at radius 3 is 1.83 bits per heavy atom. The predicted molar refractivity (Wildman–Crippen MR) is 222 cm³/mol. The Balaban J connectivity index is 0.000000168. The molecule has 2 saturated heterocycles. The zero-order valence-corrected chi connectivity index (χ0v) is 34.7. The van der Waals surface area contributed by atoms with Gasteiger partial charge in [0.1, 0.15) is 30.5 Å². The Morgan fingerprint density at radius 2 is 1.25 bits per heavy atom. The molecule has 16 heteroatoms. The summed E-state index contributed by atoms with van der Waals surface area (Å²) in [7, 11) is 7.83. The van der Waals surface area contributed by atoms with E-state index >= 15 is 0 Å². The molecule has 0 radical (unpaired) electrons. The number of ketones is 1. The van der Waals surface area contributed by atoms with Gasteiger partial charge in [-0.2, -0.15) is 0 Å². The lowest BCUT2D eigenvalue weighted by atomic mass is 9.64. The minimum absolute atomic E-state index is 0. The van der Waals surface area contributed by atoms with Crippen molar-refractivity contribution in [3.05, 3.63) is 118 Å². The maximum Gasteiger partial charge on any atom is 0.265 e. The standard InChI is InChI=1S/C21H24N2O5.C21H22N2O5.CH2Cl2.CH4/c2*1-23(2)17-15-9-14-8-13(10-24)21(15,27-14)19(25)16-18(17)28-22-20(16)26-11-12-6-4-3-5-7-12;2-1-3;/h3-8,14-15,17,19,24-25H,9-11H2,1-2H3;3-8,14-15,17,24H,9-11H2,1-2H3;1H2;1H4/t14-,15-,17-,19?,21+;14-,15-,17-,21+;;/m00../s1. The molecule has 0 amide bonds. The molecule has 4 aromatic rings. The summed E-state index contributed by atoms with van der Waals surface area (Å²) in [6.07, 6.45) is 4.02. The topological polar surface area (TPSA) is 173 Å². The van der Waals surface area contributed by atoms with Crippen LogP contribution in [0, 0.1) is 11.8 Å². The predicted octanol–water partition coefficient (Wildman–Crippen LogP) is 6.17. The van der Waals surface area contributed by atoms with Gasteiger partial charge in [-0.05, 0) is 73.6 Å². The van der Waals surface area contributed by atoms with Crippen LogP contribution in [0.5, 0.6) is 11.8 Å². The Bertz CT molecular complexity index is 2200. The van der Waals surface area contributed by atoms with Crippen LogP contribution in [0.2, 0.25) is 0 Å². The molecule has 2 fully saturated rings. The summed E-state index contributed by atoms with van der Waals surface area (Å²) in [6.45, 7) is 0.245. The smallest absolute Gasteiger partial charge is 0.265 e. The number of fused-ring (bicyclic) bond motifs is 4. The third-order valence-electron chi connectivity index (χ3n) is 12.3. The minimum Gasteiger partial charge on any atom is -0.470 e. The van der Waals surface area contributed by atoms with Crippen molar-refractivity contribution in [3.63, 3.8) is 0 Å². The molecule has 6 heterocycles. The number of halogens is 2. The van der Waals surface area contributed by atoms with E-state index in [2.05, 4.69) is 15.2 Å². The molecular weight excluding hydrogens is 815 g/mol. The van der Waals surface area contributed by atoms with Crippen LogP contribution in [0.4, 0.5) is 0 Å². The molecule has 60 heavy (non-hydrogen) atoms. The summed E-state index contributed by atoms with van der Waals surface area (Å²) in [6, 6.07) is 19.1. The highest BCUT2D eigenvalue weighted by Gasteiger charge is 2.68. The fourth-order valence-electron chi connectivity index (χ4n) is 10.1. The first-order chi connectivity index (χ1) is 28.5. The number of hydrogen-bond acceptors (Lipinski definition) is 14. The average molecular weight is 868 g/mol. The maximum absolute atomic E-state index is 13.6. The van der Waals surface area contributed by atoms with Crippen molar-refractivity contribution in [1.82, 2.24) is 20.1 Å². The first-order valence-electron chi connectivity index (χ1n) is 19.5. The quantitative estimate of drug-likeness (QED) is 0.122. The molecule has 9 atom stereocenters. The molecule has 0 saturated carbocycles. The second-order valence-corrected chi connectivity index (χ2v) is 16.7. The number of rotatable bonds is 10. The molecule has 14 nitrogen and oxygen atoms in total. The van der Waals surface area contributed by atoms with Crippen LogP contribution in [0.3, 0.4) is 0 Å². The van der Waals surface area contributed by atoms with Crippen LogP contribution in [0.1, 0.15) is 77.0 Å². The molecule has 2 aromatic carbocycles. The molecule has 2 aromatic heterocycles. The van der Waals surface area contributed by atoms with Crippen molar-refractivity contribution in [2.75, 3.05) is 46.7 Å². The van der Waals surface area contributed by atoms with E-state index in [1.165, 1.54) is 0 Å². The van der Waals surface area contributed by atoms with Gasteiger partial charge in [0.05, 0.1) is 48.4 Å². The van der Waals surface area contributed by atoms with Gasteiger partial charge in [-0.25, -0.2) is 0 Å². The Labute approximate surface area is 359 Å². The highest BCUT2D eigenvalue weighted by Crippen LogP contribution is 2.64. The number of nitrogens with zero attached hydrogens (tertiary/aromatic N) is 4. The number of benzene rings is 2. The molecule has 3 N–H and O–H groups in total. The third kappa shape index (κ3) is 7.09. The number of aromatic nitrogens is 2. The van der Waals surface area contributed by atoms with Gasteiger partial charge in [0.25, 0.3) is 11.8 Å². The molecule has 322 valence electrons. The summed E-state index contributed by atoms with van der Waals surface area (Å²) in [5.74, 6) is 1.20. The van der Waals surface area contributed by atoms with Crippen LogP contribution >= 0.6 is 23.2 Å². The molecule has 6 aliphatic rings. The number of ether oxygens (including phenoxy) is 4. The Kier molecular flexibility index (Phi) is 13.0. The van der Waals surface area contributed by atoms with Crippen molar-refractivity contribution in [2.45, 2.75) is 75.1 Å². The second-order valence-electron chi connectivity index (χ2n) is 15.9. The Hall–Kier alpha value is -4.09. The van der Waals surface area contributed by atoms with E-state index in [9.17, 15) is 20.1 Å². The summed E-state index contributed by atoms with van der Waals surface area (Å²) in [4.78, 5) is 17.7. The van der Waals surface area contributed by atoms with Crippen molar-refractivity contribution < 1.29 is 48.1 Å². The highest BCUT2D eigenvalue weighted by molar-refractivity contribution is 6.40. The van der Waals surface area contributed by atoms with E-state index in [1.807, 2.05) is 106 Å². The van der Waals surface area contributed by atoms with Gasteiger partial charge in [-0.15, -0.1) is 23.2 Å². The SMILES string of the molecule is C.CN(C)[C@@H]1c2onc(OCc3ccccc3)c2C(=O)[C@@]23O[C@@H](C=C2CO)C[C@@H]13.CN(C)[C@@H]1c2onc(OCc3ccccc3)c2C(O)[C@@]23O[C@@H](C=C2CO)C[C@@H]13.ClCCl. The lowest BCUT2D eigenvalue weighted by Crippen LogP contribution is -2.53. The number of alkyl halides is 2. The second kappa shape index (κ2) is 17.7. The molecule has 4 aliphatic heterocycles. The van der Waals surface area contributed by atoms with Crippen molar-refractivity contribution >= 4 is 29.0 Å². The van der Waals surface area contributed by atoms with Gasteiger partial charge >= 0.3 is 0 Å². The van der Waals surface area contributed by atoms with Crippen LogP contribution in [-0.2, 0) is 22.7 Å². The molecular formula is C44H52Cl2N4O10. The van der Waals surface area contributed by atoms with Gasteiger partial charge < -0.3 is 43.3 Å². The minimum atomic E-state index is -1.15. The molecule has 1 unspecified atom stereocenters. The number of aliphatic hydroxyl groups is 3. The Morgan fingerprint density at radius 1 is 0.750 bits per heavy atom. The number of Topliss-reactive ketones (excluding diaryl/α,β-unsaturated/α-hetero) is 1. The maximum atomic E-state index is 13.6. The number of carbonyl (C=O) groups excluding carboxylic acids is 1. The summed E-state index contributed by atoms with van der Waals surface area (Å²) >= 11 is 9.53. The number of hydrogen-bond donors (Lipinski definition) is 3. The number of carbonyl (C=O) groups is 1. The summed E-state index contributed by atoms with van der Waals surface area (Å²) in [5.41, 5.74) is 2.06. The van der Waals surface area contributed by atoms with E-state index in [0.29, 0.717) is 41.2 Å². The first kappa shape index (κ1) is 44.0. The summed E-state index contributed by atoms with van der Waals surface area (Å²) < 4.78 is 35.5. The van der Waals surface area contributed by atoms with Gasteiger partial charge in [-0.3, -0.25) is 14.6 Å². The van der Waals surface area contributed by atoms with E-state index < -0.39 is 17.3 Å². The fraction of sp³-hybridized carbons (Fsp3) is 0.477. The third-order valence-corrected chi connectivity index (χ3v) is 12.3. The van der Waals surface area contributed by atoms with Gasteiger partial charge in [-0.1, -0.05) is 80.2 Å². The van der Waals surface area contributed by atoms with Gasteiger partial charge in [0.2, 0.25) is 5.78 Å². The highest BCUT2D eigenvalue weighted by atomic mass is 35.5. The van der Waals surface area contributed by atoms with Gasteiger partial charge in [0, 0.05) is 11.8 Å². The van der Waals surface area contributed by atoms with Crippen molar-refractivity contribution in [3.8, 4) is 11.8 Å². The van der Waals surface area contributed by atoms with Crippen molar-refractivity contribution in [1.29, 1.82) is 0 Å². The average Bonchev–Trinajstić information content (AvgIpc) is 4.10. The van der Waals surface area contributed by atoms with E-state index in [0.717, 1.165) is 23.1 Å². The van der Waals surface area contributed by atoms with E-state index in [-0.39, 0.29) is 86.3 Å². The summed E-state index contributed by atoms with van der Waals surface area (Å²) in [5, 5.41) is 39.6. The monoisotopic (exact) mass is 866 g/mol. The van der Waals surface area contributed by atoms with Gasteiger partial charge in [0.15, 0.2) is 17.1 Å². The largest absolute Gasteiger partial charge is 0.470 e. The van der Waals surface area contributed by atoms with E-state index in [4.69, 9.17) is 51.2 Å². The first-order valence-corrected chi connectivity index (χ1v) is 20.6. The van der Waals surface area contributed by atoms with Crippen LogP contribution in [0.25, 0.3) is 0 Å². The molecule has 10 rings (SSSR count). The number of aliphatic hydroxyl groups excluding tert-OH is 3. The van der Waals surface area contributed by atoms with E-state index in [1.54, 1.807) is 0 Å². The molecule has 4 bridgehead atoms. The molecule has 2 spiro atoms. The normalized spacial score (nSPS) is 29.9. The van der Waals surface area contributed by atoms with Crippen LogP contribution in [-0.4, -0.2) is 111 Å². The fourth-order valence-corrected chi connectivity index (χ4v) is 10.1. The van der Waals surface area contributed by atoms with Crippen LogP contribution in [0.15, 0.2) is 93.0 Å². The lowest BCUT2D eigenvalue weighted by Gasteiger charge is -2.46. The van der Waals surface area contributed by atoms with Crippen molar-refractivity contribution in [2.24, 2.45) is 11.8 Å². The zero-order chi connectivity index (χ0) is 41.6. The van der Waals surface area contributed by atoms with Crippen LogP contribution < -0.4 is 9.47 Å². The molecule has 2 aliphatic carbocycles. The zero-order valence-electron chi connectivity index (χ0n) is 33.2. The lowest BCUT2D eigenvalue weighted by molar-refractivity contribution is -0.116.